The third kappa shape index (κ3) is 2.49. The van der Waals surface area contributed by atoms with Crippen LogP contribution < -0.4 is 5.73 Å². The number of benzene rings is 1. The van der Waals surface area contributed by atoms with Crippen molar-refractivity contribution >= 4 is 15.9 Å². The van der Waals surface area contributed by atoms with Crippen LogP contribution in [0.25, 0.3) is 0 Å². The standard InChI is InChI=1S/C11H13BrFNO/c12-8-5-7(10(15)6-9(8)13)1-2-11(14)3-4-11/h5-6,15H,1-4,14H2. The van der Waals surface area contributed by atoms with Crippen LogP contribution in [-0.4, -0.2) is 10.6 Å². The maximum Gasteiger partial charge on any atom is 0.141 e. The number of nitrogens with two attached hydrogens (primary N) is 1. The molecule has 2 nitrogen and oxygen atoms in total. The van der Waals surface area contributed by atoms with Gasteiger partial charge in [-0.2, -0.15) is 0 Å². The van der Waals surface area contributed by atoms with Crippen LogP contribution in [0.15, 0.2) is 16.6 Å². The highest BCUT2D eigenvalue weighted by Crippen LogP contribution is 2.37. The van der Waals surface area contributed by atoms with Crippen molar-refractivity contribution in [3.63, 3.8) is 0 Å². The van der Waals surface area contributed by atoms with Gasteiger partial charge in [-0.1, -0.05) is 0 Å². The first-order chi connectivity index (χ1) is 7.00. The van der Waals surface area contributed by atoms with E-state index in [1.165, 1.54) is 0 Å². The molecule has 82 valence electrons. The topological polar surface area (TPSA) is 46.2 Å². The van der Waals surface area contributed by atoms with Crippen LogP contribution in [0, 0.1) is 5.82 Å². The molecule has 15 heavy (non-hydrogen) atoms. The molecule has 0 saturated heterocycles. The average Bonchev–Trinajstić information content (AvgIpc) is 2.89. The molecule has 4 heteroatoms. The van der Waals surface area contributed by atoms with Crippen LogP contribution in [0.3, 0.4) is 0 Å². The molecule has 0 heterocycles. The van der Waals surface area contributed by atoms with E-state index in [-0.39, 0.29) is 11.3 Å². The minimum absolute atomic E-state index is 0.0138. The van der Waals surface area contributed by atoms with Gasteiger partial charge in [-0.3, -0.25) is 0 Å². The molecule has 0 atom stereocenters. The summed E-state index contributed by atoms with van der Waals surface area (Å²) in [5, 5.41) is 9.53. The lowest BCUT2D eigenvalue weighted by Gasteiger charge is -2.10. The Morgan fingerprint density at radius 1 is 1.47 bits per heavy atom. The van der Waals surface area contributed by atoms with Crippen molar-refractivity contribution in [1.29, 1.82) is 0 Å². The Kier molecular flexibility index (Phi) is 2.73. The summed E-state index contributed by atoms with van der Waals surface area (Å²) < 4.78 is 13.4. The first-order valence-corrected chi connectivity index (χ1v) is 5.75. The largest absolute Gasteiger partial charge is 0.508 e. The molecule has 2 rings (SSSR count). The fraction of sp³-hybridized carbons (Fsp3) is 0.455. The molecule has 3 N–H and O–H groups in total. The van der Waals surface area contributed by atoms with E-state index in [0.29, 0.717) is 10.9 Å². The van der Waals surface area contributed by atoms with Gasteiger partial charge in [0.2, 0.25) is 0 Å². The van der Waals surface area contributed by atoms with Crippen molar-refractivity contribution in [2.45, 2.75) is 31.2 Å². The van der Waals surface area contributed by atoms with Crippen LogP contribution in [0.4, 0.5) is 4.39 Å². The van der Waals surface area contributed by atoms with E-state index in [4.69, 9.17) is 5.73 Å². The third-order valence-corrected chi connectivity index (χ3v) is 3.51. The molecule has 0 unspecified atom stereocenters. The fourth-order valence-electron chi connectivity index (χ4n) is 1.57. The van der Waals surface area contributed by atoms with Crippen molar-refractivity contribution in [2.24, 2.45) is 5.73 Å². The Balaban J connectivity index is 2.10. The summed E-state index contributed by atoms with van der Waals surface area (Å²) in [6.07, 6.45) is 3.64. The van der Waals surface area contributed by atoms with E-state index in [1.807, 2.05) is 0 Å². The second-order valence-electron chi connectivity index (χ2n) is 4.26. The summed E-state index contributed by atoms with van der Waals surface area (Å²) >= 11 is 3.10. The number of aryl methyl sites for hydroxylation is 1. The lowest BCUT2D eigenvalue weighted by molar-refractivity contribution is 0.457. The minimum Gasteiger partial charge on any atom is -0.508 e. The van der Waals surface area contributed by atoms with E-state index in [1.54, 1.807) is 6.07 Å². The van der Waals surface area contributed by atoms with E-state index < -0.39 is 5.82 Å². The minimum atomic E-state index is -0.440. The highest BCUT2D eigenvalue weighted by Gasteiger charge is 2.37. The third-order valence-electron chi connectivity index (χ3n) is 2.91. The number of phenolic OH excluding ortho intramolecular Hbond substituents is 1. The van der Waals surface area contributed by atoms with Gasteiger partial charge in [-0.25, -0.2) is 4.39 Å². The Hall–Kier alpha value is -0.610. The lowest BCUT2D eigenvalue weighted by Crippen LogP contribution is -2.22. The average molecular weight is 274 g/mol. The summed E-state index contributed by atoms with van der Waals surface area (Å²) in [5.41, 5.74) is 6.66. The molecule has 1 saturated carbocycles. The molecule has 1 fully saturated rings. The SMILES string of the molecule is NC1(CCc2cc(Br)c(F)cc2O)CC1. The second-order valence-corrected chi connectivity index (χ2v) is 5.11. The highest BCUT2D eigenvalue weighted by molar-refractivity contribution is 9.10. The number of hydrogen-bond acceptors (Lipinski definition) is 2. The molecule has 0 spiro atoms. The van der Waals surface area contributed by atoms with Gasteiger partial charge in [-0.15, -0.1) is 0 Å². The maximum absolute atomic E-state index is 13.0. The number of hydrogen-bond donors (Lipinski definition) is 2. The molecule has 1 aromatic rings. The normalized spacial score (nSPS) is 17.8. The summed E-state index contributed by atoms with van der Waals surface area (Å²) in [4.78, 5) is 0. The number of rotatable bonds is 3. The van der Waals surface area contributed by atoms with Crippen molar-refractivity contribution in [3.8, 4) is 5.75 Å². The van der Waals surface area contributed by atoms with Gasteiger partial charge >= 0.3 is 0 Å². The van der Waals surface area contributed by atoms with E-state index in [0.717, 1.165) is 30.9 Å². The molecule has 0 amide bonds. The van der Waals surface area contributed by atoms with Gasteiger partial charge < -0.3 is 10.8 Å². The van der Waals surface area contributed by atoms with Crippen LogP contribution in [-0.2, 0) is 6.42 Å². The maximum atomic E-state index is 13.0. The summed E-state index contributed by atoms with van der Waals surface area (Å²) in [6, 6.07) is 2.76. The summed E-state index contributed by atoms with van der Waals surface area (Å²) in [6.45, 7) is 0. The van der Waals surface area contributed by atoms with Gasteiger partial charge in [0.15, 0.2) is 0 Å². The zero-order valence-corrected chi connectivity index (χ0v) is 9.85. The van der Waals surface area contributed by atoms with Gasteiger partial charge in [0, 0.05) is 11.6 Å². The monoisotopic (exact) mass is 273 g/mol. The van der Waals surface area contributed by atoms with Gasteiger partial charge in [-0.05, 0) is 53.2 Å². The van der Waals surface area contributed by atoms with Crippen molar-refractivity contribution < 1.29 is 9.50 Å². The van der Waals surface area contributed by atoms with Gasteiger partial charge in [0.25, 0.3) is 0 Å². The summed E-state index contributed by atoms with van der Waals surface area (Å²) in [7, 11) is 0. The zero-order chi connectivity index (χ0) is 11.1. The zero-order valence-electron chi connectivity index (χ0n) is 8.26. The second kappa shape index (κ2) is 3.76. The molecular formula is C11H13BrFNO. The Morgan fingerprint density at radius 2 is 2.13 bits per heavy atom. The molecule has 1 aliphatic carbocycles. The van der Waals surface area contributed by atoms with E-state index in [9.17, 15) is 9.50 Å². The predicted octanol–water partition coefficient (Wildman–Crippen LogP) is 2.72. The molecule has 0 aliphatic heterocycles. The van der Waals surface area contributed by atoms with Crippen molar-refractivity contribution in [1.82, 2.24) is 0 Å². The van der Waals surface area contributed by atoms with Crippen molar-refractivity contribution in [3.05, 3.63) is 28.0 Å². The Bertz CT molecular complexity index is 390. The Morgan fingerprint density at radius 3 is 2.73 bits per heavy atom. The molecule has 0 bridgehead atoms. The van der Waals surface area contributed by atoms with E-state index in [2.05, 4.69) is 15.9 Å². The van der Waals surface area contributed by atoms with Crippen LogP contribution in [0.1, 0.15) is 24.8 Å². The van der Waals surface area contributed by atoms with Gasteiger partial charge in [0.05, 0.1) is 4.47 Å². The number of halogens is 2. The summed E-state index contributed by atoms with van der Waals surface area (Å²) in [5.74, 6) is -0.426. The van der Waals surface area contributed by atoms with Crippen molar-refractivity contribution in [2.75, 3.05) is 0 Å². The molecule has 0 radical (unpaired) electrons. The first-order valence-electron chi connectivity index (χ1n) is 4.96. The number of aromatic hydroxyl groups is 1. The molecular weight excluding hydrogens is 261 g/mol. The number of phenols is 1. The smallest absolute Gasteiger partial charge is 0.141 e. The first kappa shape index (κ1) is 10.9. The van der Waals surface area contributed by atoms with E-state index >= 15 is 0 Å². The van der Waals surface area contributed by atoms with Gasteiger partial charge in [0.1, 0.15) is 11.6 Å². The molecule has 1 aliphatic rings. The van der Waals surface area contributed by atoms with Crippen LogP contribution in [0.2, 0.25) is 0 Å². The molecule has 0 aromatic heterocycles. The van der Waals surface area contributed by atoms with Crippen LogP contribution in [0.5, 0.6) is 5.75 Å². The fourth-order valence-corrected chi connectivity index (χ4v) is 1.96. The molecule has 1 aromatic carbocycles. The predicted molar refractivity (Wildman–Crippen MR) is 60.2 cm³/mol. The quantitative estimate of drug-likeness (QED) is 0.890. The highest BCUT2D eigenvalue weighted by atomic mass is 79.9. The lowest BCUT2D eigenvalue weighted by atomic mass is 10.0. The Labute approximate surface area is 96.4 Å². The van der Waals surface area contributed by atoms with Crippen LogP contribution >= 0.6 is 15.9 Å².